The molecule has 0 radical (unpaired) electrons. The second-order valence-electron chi connectivity index (χ2n) is 6.26. The topological polar surface area (TPSA) is 97.6 Å². The van der Waals surface area contributed by atoms with Gasteiger partial charge in [0.05, 0.1) is 17.8 Å². The molecule has 29 heavy (non-hydrogen) atoms. The Morgan fingerprint density at radius 3 is 2.52 bits per heavy atom. The van der Waals surface area contributed by atoms with Crippen molar-refractivity contribution in [3.8, 4) is 5.75 Å². The van der Waals surface area contributed by atoms with Crippen LogP contribution >= 0.6 is 11.6 Å². The smallest absolute Gasteiger partial charge is 0.358 e. The van der Waals surface area contributed by atoms with Crippen LogP contribution in [0.5, 0.6) is 5.75 Å². The van der Waals surface area contributed by atoms with E-state index in [1.54, 1.807) is 30.3 Å². The van der Waals surface area contributed by atoms with Gasteiger partial charge in [0, 0.05) is 20.3 Å². The molecule has 1 aromatic carbocycles. The number of aromatic nitrogens is 3. The largest absolute Gasteiger partial charge is 0.489 e. The Hall–Kier alpha value is -3.39. The van der Waals surface area contributed by atoms with Gasteiger partial charge in [0.15, 0.2) is 5.69 Å². The number of carboxylic acid groups (broad SMARTS) is 1. The molecule has 2 aromatic heterocycles. The second kappa shape index (κ2) is 8.32. The highest BCUT2D eigenvalue weighted by molar-refractivity contribution is 6.31. The van der Waals surface area contributed by atoms with Crippen molar-refractivity contribution in [1.29, 1.82) is 0 Å². The number of pyridine rings is 1. The molecule has 0 amide bonds. The van der Waals surface area contributed by atoms with Gasteiger partial charge in [-0.3, -0.25) is 14.3 Å². The normalized spacial score (nSPS) is 11.7. The van der Waals surface area contributed by atoms with Crippen LogP contribution in [0.4, 0.5) is 5.95 Å². The Kier molecular flexibility index (Phi) is 5.84. The molecule has 2 heterocycles. The molecule has 0 saturated carbocycles. The number of halogens is 1. The molecule has 150 valence electrons. The monoisotopic (exact) mass is 414 g/mol. The number of aromatic carboxylic acids is 1. The number of methoxy groups -OCH3 is 1. The molecular weight excluding hydrogens is 396 g/mol. The summed E-state index contributed by atoms with van der Waals surface area (Å²) in [6, 6.07) is 12.3. The maximum Gasteiger partial charge on any atom is 0.358 e. The van der Waals surface area contributed by atoms with Gasteiger partial charge in [0.2, 0.25) is 11.7 Å². The number of carboxylic acids is 1. The lowest BCUT2D eigenvalue weighted by molar-refractivity contribution is 0.0685. The number of nitrogens with zero attached hydrogens (tertiary/aromatic N) is 4. The first-order chi connectivity index (χ1) is 13.9. The number of ether oxygens (including phenoxy) is 1. The molecular formula is C20H19ClN4O4. The Bertz CT molecular complexity index is 1100. The van der Waals surface area contributed by atoms with Crippen molar-refractivity contribution < 1.29 is 14.6 Å². The van der Waals surface area contributed by atoms with Gasteiger partial charge in [-0.1, -0.05) is 41.9 Å². The van der Waals surface area contributed by atoms with E-state index in [1.807, 2.05) is 30.3 Å². The van der Waals surface area contributed by atoms with Crippen molar-refractivity contribution in [3.63, 3.8) is 0 Å². The maximum atomic E-state index is 12.7. The number of carbonyl (C=O) groups is 1. The molecule has 0 fully saturated rings. The van der Waals surface area contributed by atoms with Crippen LogP contribution in [0.2, 0.25) is 5.02 Å². The van der Waals surface area contributed by atoms with E-state index in [9.17, 15) is 14.7 Å². The third kappa shape index (κ3) is 3.79. The van der Waals surface area contributed by atoms with Gasteiger partial charge < -0.3 is 14.7 Å². The number of anilines is 1. The van der Waals surface area contributed by atoms with Gasteiger partial charge in [0.25, 0.3) is 5.56 Å². The van der Waals surface area contributed by atoms with Crippen LogP contribution < -0.4 is 15.2 Å². The van der Waals surface area contributed by atoms with Gasteiger partial charge in [-0.25, -0.2) is 9.78 Å². The predicted molar refractivity (Wildman–Crippen MR) is 109 cm³/mol. The van der Waals surface area contributed by atoms with Crippen LogP contribution in [0.15, 0.2) is 53.5 Å². The molecule has 0 aliphatic heterocycles. The van der Waals surface area contributed by atoms with Gasteiger partial charge >= 0.3 is 5.97 Å². The second-order valence-corrected chi connectivity index (χ2v) is 6.66. The van der Waals surface area contributed by atoms with Crippen LogP contribution in [0.3, 0.4) is 0 Å². The van der Waals surface area contributed by atoms with Crippen LogP contribution in [0.25, 0.3) is 0 Å². The Labute approximate surface area is 172 Å². The maximum absolute atomic E-state index is 12.7. The summed E-state index contributed by atoms with van der Waals surface area (Å²) in [4.78, 5) is 34.6. The number of hydrogen-bond donors (Lipinski definition) is 1. The van der Waals surface area contributed by atoms with Crippen molar-refractivity contribution in [2.24, 2.45) is 7.05 Å². The molecule has 8 nitrogen and oxygen atoms in total. The third-order valence-corrected chi connectivity index (χ3v) is 4.82. The zero-order valence-electron chi connectivity index (χ0n) is 16.0. The summed E-state index contributed by atoms with van der Waals surface area (Å²) in [5, 5.41) is 9.93. The van der Waals surface area contributed by atoms with Crippen LogP contribution in [-0.2, 0) is 7.05 Å². The molecule has 0 saturated heterocycles. The van der Waals surface area contributed by atoms with E-state index in [4.69, 9.17) is 16.3 Å². The van der Waals surface area contributed by atoms with Crippen molar-refractivity contribution in [3.05, 3.63) is 81.0 Å². The summed E-state index contributed by atoms with van der Waals surface area (Å²) in [5.74, 6) is -1.56. The Balaban J connectivity index is 2.25. The molecule has 1 N–H and O–H groups in total. The molecule has 0 aliphatic rings. The number of hydrogen-bond acceptors (Lipinski definition) is 6. The van der Waals surface area contributed by atoms with Crippen molar-refractivity contribution in [1.82, 2.24) is 14.5 Å². The first kappa shape index (κ1) is 20.3. The summed E-state index contributed by atoms with van der Waals surface area (Å²) in [6.07, 6.45) is 1.62. The number of benzene rings is 1. The van der Waals surface area contributed by atoms with Crippen molar-refractivity contribution in [2.45, 2.75) is 6.04 Å². The lowest BCUT2D eigenvalue weighted by Crippen LogP contribution is -2.34. The van der Waals surface area contributed by atoms with Crippen LogP contribution in [0.1, 0.15) is 27.8 Å². The summed E-state index contributed by atoms with van der Waals surface area (Å²) in [6.45, 7) is 0. The summed E-state index contributed by atoms with van der Waals surface area (Å²) < 4.78 is 6.21. The SMILES string of the molecule is COc1c(C(=O)O)nc(N(C)C(c2ccccc2)c2ncccc2Cl)n(C)c1=O. The van der Waals surface area contributed by atoms with E-state index in [0.29, 0.717) is 10.7 Å². The molecule has 3 rings (SSSR count). The minimum Gasteiger partial charge on any atom is -0.489 e. The average molecular weight is 415 g/mol. The van der Waals surface area contributed by atoms with Crippen molar-refractivity contribution in [2.75, 3.05) is 19.1 Å². The summed E-state index contributed by atoms with van der Waals surface area (Å²) in [5.41, 5.74) is 0.319. The first-order valence-corrected chi connectivity index (χ1v) is 9.01. The fourth-order valence-corrected chi connectivity index (χ4v) is 3.35. The number of rotatable bonds is 6. The van der Waals surface area contributed by atoms with Crippen molar-refractivity contribution >= 4 is 23.5 Å². The fourth-order valence-electron chi connectivity index (χ4n) is 3.13. The molecule has 1 atom stereocenters. The van der Waals surface area contributed by atoms with Gasteiger partial charge in [-0.15, -0.1) is 0 Å². The van der Waals surface area contributed by atoms with Gasteiger partial charge in [-0.05, 0) is 17.7 Å². The van der Waals surface area contributed by atoms with Gasteiger partial charge in [-0.2, -0.15) is 0 Å². The molecule has 0 aliphatic carbocycles. The van der Waals surface area contributed by atoms with Crippen LogP contribution in [-0.4, -0.2) is 39.8 Å². The highest BCUT2D eigenvalue weighted by Crippen LogP contribution is 2.33. The highest BCUT2D eigenvalue weighted by atomic mass is 35.5. The van der Waals surface area contributed by atoms with Crippen LogP contribution in [0, 0.1) is 0 Å². The quantitative estimate of drug-likeness (QED) is 0.662. The van der Waals surface area contributed by atoms with E-state index in [2.05, 4.69) is 9.97 Å². The van der Waals surface area contributed by atoms with E-state index in [0.717, 1.165) is 5.56 Å². The van der Waals surface area contributed by atoms with Gasteiger partial charge in [0.1, 0.15) is 6.04 Å². The first-order valence-electron chi connectivity index (χ1n) is 8.63. The molecule has 0 spiro atoms. The Morgan fingerprint density at radius 2 is 1.93 bits per heavy atom. The average Bonchev–Trinajstić information content (AvgIpc) is 2.72. The summed E-state index contributed by atoms with van der Waals surface area (Å²) >= 11 is 6.41. The molecule has 3 aromatic rings. The third-order valence-electron chi connectivity index (χ3n) is 4.50. The highest BCUT2D eigenvalue weighted by Gasteiger charge is 2.29. The van der Waals surface area contributed by atoms with E-state index >= 15 is 0 Å². The molecule has 9 heteroatoms. The van der Waals surface area contributed by atoms with E-state index in [-0.39, 0.29) is 11.7 Å². The predicted octanol–water partition coefficient (Wildman–Crippen LogP) is 2.76. The van der Waals surface area contributed by atoms with E-state index in [1.165, 1.54) is 18.7 Å². The fraction of sp³-hybridized carbons (Fsp3) is 0.200. The lowest BCUT2D eigenvalue weighted by atomic mass is 10.0. The van der Waals surface area contributed by atoms with E-state index < -0.39 is 23.3 Å². The molecule has 0 bridgehead atoms. The zero-order valence-corrected chi connectivity index (χ0v) is 16.8. The summed E-state index contributed by atoms with van der Waals surface area (Å²) in [7, 11) is 4.43. The zero-order chi connectivity index (χ0) is 21.1. The minimum absolute atomic E-state index is 0.128. The Morgan fingerprint density at radius 1 is 1.24 bits per heavy atom. The standard InChI is InChI=1S/C20H19ClN4O4/c1-24(20-23-15(19(27)28)17(29-3)18(26)25(20)2)16(12-8-5-4-6-9-12)14-13(21)10-7-11-22-14/h4-11,16H,1-3H3,(H,27,28). The minimum atomic E-state index is -1.36. The molecule has 1 unspecified atom stereocenters. The lowest BCUT2D eigenvalue weighted by Gasteiger charge is -2.31.